The zero-order valence-electron chi connectivity index (χ0n) is 15.1. The van der Waals surface area contributed by atoms with Gasteiger partial charge in [-0.3, -0.25) is 5.32 Å². The molecular weight excluding hydrogens is 338 g/mol. The van der Waals surface area contributed by atoms with E-state index in [9.17, 15) is 9.90 Å². The van der Waals surface area contributed by atoms with Crippen molar-refractivity contribution in [3.8, 4) is 11.1 Å². The van der Waals surface area contributed by atoms with E-state index in [1.165, 1.54) is 22.3 Å². The summed E-state index contributed by atoms with van der Waals surface area (Å²) in [5.41, 5.74) is 7.02. The molecule has 0 saturated carbocycles. The molecule has 1 aliphatic rings. The van der Waals surface area contributed by atoms with Gasteiger partial charge in [-0.05, 0) is 35.2 Å². The van der Waals surface area contributed by atoms with Gasteiger partial charge in [-0.2, -0.15) is 0 Å². The molecule has 0 atom stereocenters. The monoisotopic (exact) mass is 359 g/mol. The van der Waals surface area contributed by atoms with Gasteiger partial charge in [0.1, 0.15) is 6.61 Å². The molecule has 0 radical (unpaired) electrons. The van der Waals surface area contributed by atoms with Gasteiger partial charge >= 0.3 is 6.09 Å². The maximum atomic E-state index is 12.3. The number of nitrogens with one attached hydrogen (secondary N) is 1. The van der Waals surface area contributed by atoms with Gasteiger partial charge in [0.05, 0.1) is 6.61 Å². The van der Waals surface area contributed by atoms with Crippen molar-refractivity contribution in [1.29, 1.82) is 0 Å². The smallest absolute Gasteiger partial charge is 0.411 e. The number of fused-ring (bicyclic) bond motifs is 3. The van der Waals surface area contributed by atoms with Crippen LogP contribution in [0.25, 0.3) is 11.1 Å². The van der Waals surface area contributed by atoms with Gasteiger partial charge < -0.3 is 9.84 Å². The number of hydrogen-bond acceptors (Lipinski definition) is 3. The molecule has 4 rings (SSSR count). The average molecular weight is 359 g/mol. The van der Waals surface area contributed by atoms with Gasteiger partial charge in [-0.1, -0.05) is 66.2 Å². The quantitative estimate of drug-likeness (QED) is 0.700. The predicted molar refractivity (Wildman–Crippen MR) is 106 cm³/mol. The number of aryl methyl sites for hydroxylation is 1. The zero-order valence-corrected chi connectivity index (χ0v) is 15.1. The van der Waals surface area contributed by atoms with Crippen LogP contribution in [0.15, 0.2) is 66.7 Å². The van der Waals surface area contributed by atoms with Gasteiger partial charge in [0.15, 0.2) is 0 Å². The largest absolute Gasteiger partial charge is 0.448 e. The van der Waals surface area contributed by atoms with E-state index in [1.54, 1.807) is 6.07 Å². The Morgan fingerprint density at radius 3 is 2.26 bits per heavy atom. The number of carbonyl (C=O) groups is 1. The van der Waals surface area contributed by atoms with E-state index in [0.29, 0.717) is 11.3 Å². The first-order valence-electron chi connectivity index (χ1n) is 9.00. The molecule has 0 heterocycles. The van der Waals surface area contributed by atoms with Crippen LogP contribution in [0.4, 0.5) is 10.5 Å². The molecule has 0 saturated heterocycles. The Balaban J connectivity index is 1.50. The fourth-order valence-corrected chi connectivity index (χ4v) is 3.72. The van der Waals surface area contributed by atoms with Crippen LogP contribution in [0.5, 0.6) is 0 Å². The summed E-state index contributed by atoms with van der Waals surface area (Å²) in [5, 5.41) is 12.2. The minimum Gasteiger partial charge on any atom is -0.448 e. The molecule has 4 heteroatoms. The second-order valence-electron chi connectivity index (χ2n) is 6.77. The minimum absolute atomic E-state index is 0.0264. The van der Waals surface area contributed by atoms with Crippen LogP contribution in [0, 0.1) is 6.92 Å². The lowest BCUT2D eigenvalue weighted by molar-refractivity contribution is 0.158. The third kappa shape index (κ3) is 3.32. The van der Waals surface area contributed by atoms with Crippen molar-refractivity contribution in [3.05, 3.63) is 89.0 Å². The Morgan fingerprint density at radius 2 is 1.63 bits per heavy atom. The lowest BCUT2D eigenvalue weighted by atomic mass is 9.98. The third-order valence-electron chi connectivity index (χ3n) is 5.01. The second-order valence-corrected chi connectivity index (χ2v) is 6.77. The molecule has 0 bridgehead atoms. The van der Waals surface area contributed by atoms with Crippen molar-refractivity contribution in [1.82, 2.24) is 0 Å². The topological polar surface area (TPSA) is 58.6 Å². The van der Waals surface area contributed by atoms with E-state index in [2.05, 4.69) is 29.6 Å². The van der Waals surface area contributed by atoms with Crippen LogP contribution in [0.1, 0.15) is 28.2 Å². The SMILES string of the molecule is Cc1ccc(NC(=O)OCC2c3ccccc3-c3ccccc32)c(CO)c1. The molecule has 1 amide bonds. The highest BCUT2D eigenvalue weighted by Gasteiger charge is 2.29. The Kier molecular flexibility index (Phi) is 4.65. The second kappa shape index (κ2) is 7.25. The summed E-state index contributed by atoms with van der Waals surface area (Å²) in [7, 11) is 0. The number of anilines is 1. The highest BCUT2D eigenvalue weighted by Crippen LogP contribution is 2.44. The Morgan fingerprint density at radius 1 is 1.00 bits per heavy atom. The van der Waals surface area contributed by atoms with E-state index in [4.69, 9.17) is 4.74 Å². The first-order chi connectivity index (χ1) is 13.2. The molecule has 1 aliphatic carbocycles. The summed E-state index contributed by atoms with van der Waals surface area (Å²) in [4.78, 5) is 12.3. The summed E-state index contributed by atoms with van der Waals surface area (Å²) < 4.78 is 5.54. The van der Waals surface area contributed by atoms with Crippen molar-refractivity contribution < 1.29 is 14.6 Å². The van der Waals surface area contributed by atoms with Gasteiger partial charge in [-0.15, -0.1) is 0 Å². The van der Waals surface area contributed by atoms with Gasteiger partial charge in [0, 0.05) is 17.2 Å². The Labute approximate surface area is 158 Å². The van der Waals surface area contributed by atoms with E-state index >= 15 is 0 Å². The number of rotatable bonds is 4. The molecule has 4 nitrogen and oxygen atoms in total. The highest BCUT2D eigenvalue weighted by molar-refractivity contribution is 5.86. The molecule has 0 aromatic heterocycles. The molecule has 0 spiro atoms. The van der Waals surface area contributed by atoms with Gasteiger partial charge in [0.25, 0.3) is 0 Å². The molecule has 3 aromatic rings. The molecule has 3 aromatic carbocycles. The number of aliphatic hydroxyl groups is 1. The summed E-state index contributed by atoms with van der Waals surface area (Å²) >= 11 is 0. The molecule has 0 fully saturated rings. The number of hydrogen-bond donors (Lipinski definition) is 2. The van der Waals surface area contributed by atoms with Crippen LogP contribution < -0.4 is 5.32 Å². The van der Waals surface area contributed by atoms with E-state index in [1.807, 2.05) is 43.3 Å². The van der Waals surface area contributed by atoms with Crippen LogP contribution in [-0.2, 0) is 11.3 Å². The summed E-state index contributed by atoms with van der Waals surface area (Å²) in [6, 6.07) is 22.0. The minimum atomic E-state index is -0.518. The van der Waals surface area contributed by atoms with E-state index in [0.717, 1.165) is 5.56 Å². The molecular formula is C23H21NO3. The maximum Gasteiger partial charge on any atom is 0.411 e. The summed E-state index contributed by atoms with van der Waals surface area (Å²) in [5.74, 6) is 0.0264. The lowest BCUT2D eigenvalue weighted by Gasteiger charge is -2.15. The van der Waals surface area contributed by atoms with E-state index in [-0.39, 0.29) is 19.1 Å². The Bertz CT molecular complexity index is 951. The first-order valence-corrected chi connectivity index (χ1v) is 9.00. The number of ether oxygens (including phenoxy) is 1. The standard InChI is InChI=1S/C23H21NO3/c1-15-10-11-22(16(12-15)13-25)24-23(26)27-14-21-19-8-4-2-6-17(19)18-7-3-5-9-20(18)21/h2-12,21,25H,13-14H2,1H3,(H,24,26). The first kappa shape index (κ1) is 17.3. The summed E-state index contributed by atoms with van der Waals surface area (Å²) in [6.07, 6.45) is -0.518. The van der Waals surface area contributed by atoms with Crippen molar-refractivity contribution >= 4 is 11.8 Å². The predicted octanol–water partition coefficient (Wildman–Crippen LogP) is 4.85. The molecule has 136 valence electrons. The van der Waals surface area contributed by atoms with Gasteiger partial charge in [0.2, 0.25) is 0 Å². The number of aliphatic hydroxyl groups excluding tert-OH is 1. The zero-order chi connectivity index (χ0) is 18.8. The fraction of sp³-hybridized carbons (Fsp3) is 0.174. The Hall–Kier alpha value is -3.11. The van der Waals surface area contributed by atoms with Crippen LogP contribution in [0.2, 0.25) is 0 Å². The molecule has 0 unspecified atom stereocenters. The van der Waals surface area contributed by atoms with Crippen LogP contribution in [0.3, 0.4) is 0 Å². The molecule has 2 N–H and O–H groups in total. The number of carbonyl (C=O) groups excluding carboxylic acids is 1. The molecule has 0 aliphatic heterocycles. The molecule has 27 heavy (non-hydrogen) atoms. The highest BCUT2D eigenvalue weighted by atomic mass is 16.5. The maximum absolute atomic E-state index is 12.3. The lowest BCUT2D eigenvalue weighted by Crippen LogP contribution is -2.18. The van der Waals surface area contributed by atoms with Crippen LogP contribution >= 0.6 is 0 Å². The van der Waals surface area contributed by atoms with Crippen molar-refractivity contribution in [2.75, 3.05) is 11.9 Å². The van der Waals surface area contributed by atoms with Crippen LogP contribution in [-0.4, -0.2) is 17.8 Å². The number of amides is 1. The van der Waals surface area contributed by atoms with Gasteiger partial charge in [-0.25, -0.2) is 4.79 Å². The summed E-state index contributed by atoms with van der Waals surface area (Å²) in [6.45, 7) is 2.07. The average Bonchev–Trinajstić information content (AvgIpc) is 3.01. The fourth-order valence-electron chi connectivity index (χ4n) is 3.72. The van der Waals surface area contributed by atoms with Crippen molar-refractivity contribution in [2.45, 2.75) is 19.4 Å². The normalized spacial score (nSPS) is 12.4. The van der Waals surface area contributed by atoms with Crippen molar-refractivity contribution in [2.24, 2.45) is 0 Å². The van der Waals surface area contributed by atoms with Crippen molar-refractivity contribution in [3.63, 3.8) is 0 Å². The third-order valence-corrected chi connectivity index (χ3v) is 5.01. The number of benzene rings is 3. The van der Waals surface area contributed by atoms with E-state index < -0.39 is 6.09 Å².